The van der Waals surface area contributed by atoms with E-state index >= 15 is 0 Å². The van der Waals surface area contributed by atoms with Crippen molar-refractivity contribution in [2.24, 2.45) is 0 Å². The molecule has 3 rings (SSSR count). The first-order valence-electron chi connectivity index (χ1n) is 9.83. The fourth-order valence-electron chi connectivity index (χ4n) is 3.19. The van der Waals surface area contributed by atoms with E-state index in [9.17, 15) is 18.0 Å². The van der Waals surface area contributed by atoms with E-state index in [4.69, 9.17) is 13.9 Å². The molecular formula is C23H25NO7S. The van der Waals surface area contributed by atoms with Crippen LogP contribution in [0.2, 0.25) is 0 Å². The first-order chi connectivity index (χ1) is 14.9. The highest BCUT2D eigenvalue weighted by Crippen LogP contribution is 2.27. The molecule has 0 unspecified atom stereocenters. The Morgan fingerprint density at radius 3 is 2.41 bits per heavy atom. The predicted octanol–water partition coefficient (Wildman–Crippen LogP) is 3.87. The molecule has 1 N–H and O–H groups in total. The van der Waals surface area contributed by atoms with Gasteiger partial charge in [0.15, 0.2) is 12.4 Å². The number of furan rings is 1. The first kappa shape index (κ1) is 23.5. The lowest BCUT2D eigenvalue weighted by molar-refractivity contribution is 0.0467. The van der Waals surface area contributed by atoms with Crippen molar-refractivity contribution < 1.29 is 31.9 Å². The molecule has 0 aliphatic carbocycles. The van der Waals surface area contributed by atoms with E-state index in [0.717, 1.165) is 11.5 Å². The van der Waals surface area contributed by atoms with Crippen molar-refractivity contribution in [3.8, 4) is 5.75 Å². The van der Waals surface area contributed by atoms with Crippen molar-refractivity contribution in [3.05, 3.63) is 59.4 Å². The zero-order valence-electron chi connectivity index (χ0n) is 18.5. The lowest BCUT2D eigenvalue weighted by atomic mass is 10.1. The van der Waals surface area contributed by atoms with Gasteiger partial charge < -0.3 is 13.9 Å². The molecule has 0 aliphatic heterocycles. The maximum atomic E-state index is 12.8. The van der Waals surface area contributed by atoms with E-state index in [1.165, 1.54) is 19.2 Å². The lowest BCUT2D eigenvalue weighted by Crippen LogP contribution is -2.40. The fourth-order valence-corrected chi connectivity index (χ4v) is 4.81. The first-order valence-corrected chi connectivity index (χ1v) is 11.3. The number of carbonyl (C=O) groups excluding carboxylic acids is 2. The van der Waals surface area contributed by atoms with Crippen LogP contribution in [-0.2, 0) is 14.8 Å². The van der Waals surface area contributed by atoms with Crippen LogP contribution in [0, 0.1) is 6.92 Å². The molecule has 1 heterocycles. The maximum absolute atomic E-state index is 12.8. The summed E-state index contributed by atoms with van der Waals surface area (Å²) in [4.78, 5) is 24.9. The SMILES string of the molecule is COc1ccc(C(=O)OCC(=O)c2oc3ccccc3c2C)cc1S(=O)(=O)NC(C)(C)C. The molecule has 0 saturated carbocycles. The molecule has 0 saturated heterocycles. The summed E-state index contributed by atoms with van der Waals surface area (Å²) in [6.07, 6.45) is 0. The molecule has 0 amide bonds. The summed E-state index contributed by atoms with van der Waals surface area (Å²) in [6.45, 7) is 6.29. The van der Waals surface area contributed by atoms with E-state index in [1.54, 1.807) is 39.8 Å². The van der Waals surface area contributed by atoms with Crippen LogP contribution < -0.4 is 9.46 Å². The van der Waals surface area contributed by atoms with Gasteiger partial charge in [-0.25, -0.2) is 17.9 Å². The third-order valence-electron chi connectivity index (χ3n) is 4.56. The second-order valence-electron chi connectivity index (χ2n) is 8.27. The van der Waals surface area contributed by atoms with Crippen LogP contribution in [0.3, 0.4) is 0 Å². The number of methoxy groups -OCH3 is 1. The van der Waals surface area contributed by atoms with Gasteiger partial charge in [0.2, 0.25) is 15.8 Å². The third kappa shape index (κ3) is 5.00. The number of hydrogen-bond acceptors (Lipinski definition) is 7. The van der Waals surface area contributed by atoms with Gasteiger partial charge in [0, 0.05) is 16.5 Å². The number of para-hydroxylation sites is 1. The summed E-state index contributed by atoms with van der Waals surface area (Å²) in [5.41, 5.74) is 0.454. The summed E-state index contributed by atoms with van der Waals surface area (Å²) >= 11 is 0. The van der Waals surface area contributed by atoms with Gasteiger partial charge in [-0.05, 0) is 52.0 Å². The second-order valence-corrected chi connectivity index (χ2v) is 9.92. The zero-order valence-corrected chi connectivity index (χ0v) is 19.3. The number of Topliss-reactive ketones (excluding diaryl/α,β-unsaturated/α-hetero) is 1. The highest BCUT2D eigenvalue weighted by atomic mass is 32.2. The molecule has 0 aliphatic rings. The van der Waals surface area contributed by atoms with Crippen molar-refractivity contribution in [2.75, 3.05) is 13.7 Å². The Bertz CT molecular complexity index is 1280. The maximum Gasteiger partial charge on any atom is 0.338 e. The second kappa shape index (κ2) is 8.76. The van der Waals surface area contributed by atoms with Gasteiger partial charge in [-0.1, -0.05) is 18.2 Å². The lowest BCUT2D eigenvalue weighted by Gasteiger charge is -2.21. The molecule has 0 fully saturated rings. The van der Waals surface area contributed by atoms with Gasteiger partial charge in [0.05, 0.1) is 12.7 Å². The minimum Gasteiger partial charge on any atom is -0.495 e. The number of esters is 1. The fraction of sp³-hybridized carbons (Fsp3) is 0.304. The Kier molecular flexibility index (Phi) is 6.43. The summed E-state index contributed by atoms with van der Waals surface area (Å²) in [6, 6.07) is 11.1. The van der Waals surface area contributed by atoms with E-state index in [2.05, 4.69) is 4.72 Å². The number of ether oxygens (including phenoxy) is 2. The molecule has 0 radical (unpaired) electrons. The van der Waals surface area contributed by atoms with Gasteiger partial charge in [-0.2, -0.15) is 0 Å². The Labute approximate surface area is 186 Å². The molecule has 32 heavy (non-hydrogen) atoms. The van der Waals surface area contributed by atoms with Crippen LogP contribution >= 0.6 is 0 Å². The topological polar surface area (TPSA) is 112 Å². The van der Waals surface area contributed by atoms with E-state index in [0.29, 0.717) is 11.1 Å². The Morgan fingerprint density at radius 1 is 1.09 bits per heavy atom. The third-order valence-corrected chi connectivity index (χ3v) is 6.34. The average Bonchev–Trinajstić information content (AvgIpc) is 3.06. The van der Waals surface area contributed by atoms with Gasteiger partial charge in [-0.3, -0.25) is 4.79 Å². The highest BCUT2D eigenvalue weighted by molar-refractivity contribution is 7.89. The van der Waals surface area contributed by atoms with Crippen molar-refractivity contribution in [1.29, 1.82) is 0 Å². The Morgan fingerprint density at radius 2 is 1.78 bits per heavy atom. The number of sulfonamides is 1. The number of benzene rings is 2. The Hall–Kier alpha value is -3.17. The van der Waals surface area contributed by atoms with Crippen LogP contribution in [-0.4, -0.2) is 39.4 Å². The molecule has 0 atom stereocenters. The standard InChI is InChI=1S/C23H25NO7S/c1-14-16-8-6-7-9-18(16)31-21(14)17(25)13-30-22(26)15-10-11-19(29-5)20(12-15)32(27,28)24-23(2,3)4/h6-12,24H,13H2,1-5H3. The molecule has 8 nitrogen and oxygen atoms in total. The van der Waals surface area contributed by atoms with Crippen LogP contribution in [0.1, 0.15) is 47.2 Å². The van der Waals surface area contributed by atoms with Crippen LogP contribution in [0.4, 0.5) is 0 Å². The smallest absolute Gasteiger partial charge is 0.338 e. The summed E-state index contributed by atoms with van der Waals surface area (Å²) < 4.78 is 43.9. The minimum absolute atomic E-state index is 0.0331. The molecule has 170 valence electrons. The highest BCUT2D eigenvalue weighted by Gasteiger charge is 2.27. The monoisotopic (exact) mass is 459 g/mol. The average molecular weight is 460 g/mol. The normalized spacial score (nSPS) is 12.0. The molecule has 9 heteroatoms. The summed E-state index contributed by atoms with van der Waals surface area (Å²) in [5, 5.41) is 0.804. The van der Waals surface area contributed by atoms with Crippen LogP contribution in [0.5, 0.6) is 5.75 Å². The van der Waals surface area contributed by atoms with Gasteiger partial charge in [0.1, 0.15) is 16.2 Å². The van der Waals surface area contributed by atoms with E-state index < -0.39 is 33.9 Å². The number of carbonyl (C=O) groups is 2. The quantitative estimate of drug-likeness (QED) is 0.422. The van der Waals surface area contributed by atoms with Crippen molar-refractivity contribution in [2.45, 2.75) is 38.1 Å². The van der Waals surface area contributed by atoms with Gasteiger partial charge >= 0.3 is 5.97 Å². The molecule has 0 bridgehead atoms. The predicted molar refractivity (Wildman–Crippen MR) is 119 cm³/mol. The summed E-state index contributed by atoms with van der Waals surface area (Å²) in [7, 11) is -2.65. The van der Waals surface area contributed by atoms with Crippen molar-refractivity contribution in [3.63, 3.8) is 0 Å². The van der Waals surface area contributed by atoms with Crippen molar-refractivity contribution in [1.82, 2.24) is 4.72 Å². The molecule has 2 aromatic carbocycles. The summed E-state index contributed by atoms with van der Waals surface area (Å²) in [5.74, 6) is -1.15. The zero-order chi connectivity index (χ0) is 23.7. The van der Waals surface area contributed by atoms with Gasteiger partial charge in [-0.15, -0.1) is 0 Å². The Balaban J connectivity index is 1.80. The number of fused-ring (bicyclic) bond motifs is 1. The molecule has 1 aromatic heterocycles. The number of ketones is 1. The van der Waals surface area contributed by atoms with E-state index in [-0.39, 0.29) is 22.0 Å². The number of nitrogens with one attached hydrogen (secondary N) is 1. The van der Waals surface area contributed by atoms with Crippen LogP contribution in [0.15, 0.2) is 51.8 Å². The largest absolute Gasteiger partial charge is 0.495 e. The minimum atomic E-state index is -3.98. The van der Waals surface area contributed by atoms with Crippen LogP contribution in [0.25, 0.3) is 11.0 Å². The molecule has 0 spiro atoms. The molecular weight excluding hydrogens is 434 g/mol. The number of aryl methyl sites for hydroxylation is 1. The molecule has 3 aromatic rings. The van der Waals surface area contributed by atoms with Gasteiger partial charge in [0.25, 0.3) is 0 Å². The van der Waals surface area contributed by atoms with Crippen molar-refractivity contribution >= 4 is 32.7 Å². The number of rotatable bonds is 7. The number of hydrogen-bond donors (Lipinski definition) is 1. The van der Waals surface area contributed by atoms with E-state index in [1.807, 2.05) is 12.1 Å².